The molecule has 0 saturated carbocycles. The molecule has 19 heavy (non-hydrogen) atoms. The maximum atomic E-state index is 4.37. The second-order valence-corrected chi connectivity index (χ2v) is 4.49. The quantitative estimate of drug-likeness (QED) is 0.823. The fraction of sp³-hybridized carbons (Fsp3) is 0.583. The lowest BCUT2D eigenvalue weighted by atomic mass is 10.2. The zero-order chi connectivity index (χ0) is 13.0. The summed E-state index contributed by atoms with van der Waals surface area (Å²) in [6.45, 7) is 3.13. The Hall–Kier alpha value is -1.56. The molecule has 6 nitrogen and oxygen atoms in total. The van der Waals surface area contributed by atoms with E-state index in [1.165, 1.54) is 12.8 Å². The van der Waals surface area contributed by atoms with Crippen LogP contribution in [0.1, 0.15) is 26.2 Å². The molecular weight excluding hydrogens is 264 g/mol. The number of halogens is 1. The highest BCUT2D eigenvalue weighted by Gasteiger charge is 2.10. The third-order valence-corrected chi connectivity index (χ3v) is 2.80. The number of fused-ring (bicyclic) bond motifs is 1. The number of nitrogens with zero attached hydrogens (tertiary/aromatic N) is 5. The van der Waals surface area contributed by atoms with Crippen LogP contribution in [0.2, 0.25) is 0 Å². The molecule has 0 spiro atoms. The topological polar surface area (TPSA) is 58.9 Å². The number of nitrogens with one attached hydrogen (secondary N) is 1. The van der Waals surface area contributed by atoms with Gasteiger partial charge in [-0.1, -0.05) is 19.8 Å². The Morgan fingerprint density at radius 1 is 1.21 bits per heavy atom. The highest BCUT2D eigenvalue weighted by atomic mass is 35.5. The molecule has 0 unspecified atom stereocenters. The molecule has 0 amide bonds. The molecule has 7 heteroatoms. The van der Waals surface area contributed by atoms with Crippen molar-refractivity contribution in [1.29, 1.82) is 0 Å². The van der Waals surface area contributed by atoms with Crippen LogP contribution in [-0.4, -0.2) is 40.3 Å². The van der Waals surface area contributed by atoms with Crippen molar-refractivity contribution in [2.45, 2.75) is 26.2 Å². The average molecular weight is 285 g/mol. The highest BCUT2D eigenvalue weighted by Crippen LogP contribution is 2.18. The lowest BCUT2D eigenvalue weighted by Crippen LogP contribution is -2.16. The monoisotopic (exact) mass is 284 g/mol. The van der Waals surface area contributed by atoms with Crippen LogP contribution in [0.25, 0.3) is 11.2 Å². The fourth-order valence-electron chi connectivity index (χ4n) is 1.84. The lowest BCUT2D eigenvalue weighted by molar-refractivity contribution is 0.705. The van der Waals surface area contributed by atoms with Crippen LogP contribution in [-0.2, 0) is 0 Å². The molecule has 0 bridgehead atoms. The fourth-order valence-corrected chi connectivity index (χ4v) is 1.84. The van der Waals surface area contributed by atoms with E-state index in [2.05, 4.69) is 27.3 Å². The molecule has 0 radical (unpaired) electrons. The number of aromatic nitrogens is 4. The average Bonchev–Trinajstić information content (AvgIpc) is 2.77. The van der Waals surface area contributed by atoms with E-state index >= 15 is 0 Å². The molecule has 0 aliphatic carbocycles. The van der Waals surface area contributed by atoms with Gasteiger partial charge in [0.25, 0.3) is 0 Å². The van der Waals surface area contributed by atoms with Gasteiger partial charge in [0, 0.05) is 20.6 Å². The van der Waals surface area contributed by atoms with Gasteiger partial charge in [-0.2, -0.15) is 0 Å². The van der Waals surface area contributed by atoms with Gasteiger partial charge >= 0.3 is 0 Å². The van der Waals surface area contributed by atoms with Crippen molar-refractivity contribution in [2.24, 2.45) is 0 Å². The molecule has 0 aliphatic heterocycles. The summed E-state index contributed by atoms with van der Waals surface area (Å²) < 4.78 is 1.87. The van der Waals surface area contributed by atoms with Crippen LogP contribution in [0.3, 0.4) is 0 Å². The van der Waals surface area contributed by atoms with Gasteiger partial charge in [-0.15, -0.1) is 12.4 Å². The van der Waals surface area contributed by atoms with Crippen LogP contribution in [0, 0.1) is 0 Å². The third kappa shape index (κ3) is 3.47. The third-order valence-electron chi connectivity index (χ3n) is 2.80. The zero-order valence-electron chi connectivity index (χ0n) is 11.6. The first-order valence-electron chi connectivity index (χ1n) is 6.33. The second-order valence-electron chi connectivity index (χ2n) is 4.49. The van der Waals surface area contributed by atoms with Gasteiger partial charge in [0.05, 0.1) is 0 Å². The van der Waals surface area contributed by atoms with Crippen molar-refractivity contribution >= 4 is 29.4 Å². The van der Waals surface area contributed by atoms with Crippen molar-refractivity contribution in [3.63, 3.8) is 0 Å². The van der Waals surface area contributed by atoms with E-state index in [1.54, 1.807) is 12.7 Å². The molecule has 2 rings (SSSR count). The summed E-state index contributed by atoms with van der Waals surface area (Å²) in [6.07, 6.45) is 6.94. The molecule has 2 heterocycles. The summed E-state index contributed by atoms with van der Waals surface area (Å²) in [4.78, 5) is 14.8. The molecule has 0 atom stereocenters. The van der Waals surface area contributed by atoms with Crippen LogP contribution in [0.4, 0.5) is 5.82 Å². The van der Waals surface area contributed by atoms with Crippen molar-refractivity contribution in [3.05, 3.63) is 12.7 Å². The first-order chi connectivity index (χ1) is 8.74. The number of hydrogen-bond donors (Lipinski definition) is 1. The number of imidazole rings is 1. The Labute approximate surface area is 119 Å². The van der Waals surface area contributed by atoms with Gasteiger partial charge in [-0.05, 0) is 6.42 Å². The molecule has 106 valence electrons. The van der Waals surface area contributed by atoms with E-state index in [1.807, 2.05) is 23.7 Å². The lowest BCUT2D eigenvalue weighted by Gasteiger charge is -2.11. The molecule has 2 aromatic heterocycles. The predicted octanol–water partition coefficient (Wildman–Crippen LogP) is 2.05. The number of rotatable bonds is 6. The van der Waals surface area contributed by atoms with E-state index in [-0.39, 0.29) is 12.4 Å². The van der Waals surface area contributed by atoms with Crippen molar-refractivity contribution in [2.75, 3.05) is 31.0 Å². The second kappa shape index (κ2) is 7.13. The molecule has 0 aliphatic rings. The molecule has 0 aromatic carbocycles. The summed E-state index contributed by atoms with van der Waals surface area (Å²) in [5.74, 6) is 0.842. The number of anilines is 1. The summed E-state index contributed by atoms with van der Waals surface area (Å²) in [6, 6.07) is 0. The summed E-state index contributed by atoms with van der Waals surface area (Å²) in [5, 5.41) is 0. The van der Waals surface area contributed by atoms with Crippen molar-refractivity contribution in [1.82, 2.24) is 19.6 Å². The Morgan fingerprint density at radius 2 is 2.00 bits per heavy atom. The van der Waals surface area contributed by atoms with Crippen LogP contribution < -0.4 is 10.3 Å². The van der Waals surface area contributed by atoms with E-state index < -0.39 is 0 Å². The normalized spacial score (nSPS) is 10.3. The SMILES string of the molecule is CCCCCNn1cnc2c(N(C)C)ncnc21.Cl. The standard InChI is InChI=1S/C12H20N6.ClH/c1-4-5-6-7-16-18-9-15-10-11(17(2)3)13-8-14-12(10)18;/h8-9,16H,4-7H2,1-3H3;1H. The number of hydrogen-bond acceptors (Lipinski definition) is 5. The van der Waals surface area contributed by atoms with E-state index in [0.717, 1.165) is 29.9 Å². The van der Waals surface area contributed by atoms with Gasteiger partial charge in [-0.3, -0.25) is 0 Å². The maximum absolute atomic E-state index is 4.37. The van der Waals surface area contributed by atoms with Gasteiger partial charge in [0.15, 0.2) is 17.0 Å². The Kier molecular flexibility index (Phi) is 5.82. The summed E-state index contributed by atoms with van der Waals surface area (Å²) in [5.41, 5.74) is 4.96. The minimum Gasteiger partial charge on any atom is -0.361 e. The Balaban J connectivity index is 0.00000180. The van der Waals surface area contributed by atoms with Gasteiger partial charge in [-0.25, -0.2) is 19.6 Å². The molecule has 0 fully saturated rings. The Morgan fingerprint density at radius 3 is 2.68 bits per heavy atom. The van der Waals surface area contributed by atoms with Gasteiger partial charge < -0.3 is 10.3 Å². The minimum absolute atomic E-state index is 0. The molecule has 1 N–H and O–H groups in total. The van der Waals surface area contributed by atoms with Gasteiger partial charge in [0.1, 0.15) is 12.7 Å². The van der Waals surface area contributed by atoms with Crippen LogP contribution >= 0.6 is 12.4 Å². The van der Waals surface area contributed by atoms with E-state index in [4.69, 9.17) is 0 Å². The largest absolute Gasteiger partial charge is 0.361 e. The minimum atomic E-state index is 0. The highest BCUT2D eigenvalue weighted by molar-refractivity contribution is 5.85. The molecule has 0 saturated heterocycles. The molecule has 2 aromatic rings. The Bertz CT molecular complexity index is 510. The van der Waals surface area contributed by atoms with Crippen LogP contribution in [0.5, 0.6) is 0 Å². The van der Waals surface area contributed by atoms with Gasteiger partial charge in [0.2, 0.25) is 0 Å². The predicted molar refractivity (Wildman–Crippen MR) is 80.7 cm³/mol. The summed E-state index contributed by atoms with van der Waals surface area (Å²) >= 11 is 0. The first-order valence-corrected chi connectivity index (χ1v) is 6.33. The van der Waals surface area contributed by atoms with Crippen LogP contribution in [0.15, 0.2) is 12.7 Å². The molecular formula is C12H21ClN6. The first kappa shape index (κ1) is 15.5. The summed E-state index contributed by atoms with van der Waals surface area (Å²) in [7, 11) is 3.91. The maximum Gasteiger partial charge on any atom is 0.184 e. The van der Waals surface area contributed by atoms with E-state index in [9.17, 15) is 0 Å². The zero-order valence-corrected chi connectivity index (χ0v) is 12.4. The van der Waals surface area contributed by atoms with Crippen molar-refractivity contribution < 1.29 is 0 Å². The van der Waals surface area contributed by atoms with Crippen molar-refractivity contribution in [3.8, 4) is 0 Å². The van der Waals surface area contributed by atoms with E-state index in [0.29, 0.717) is 0 Å². The smallest absolute Gasteiger partial charge is 0.184 e. The number of unbranched alkanes of at least 4 members (excludes halogenated alkanes) is 2.